The second kappa shape index (κ2) is 7.04. The average molecular weight is 394 g/mol. The van der Waals surface area contributed by atoms with E-state index in [4.69, 9.17) is 23.2 Å². The number of carbonyl (C=O) groups is 1. The van der Waals surface area contributed by atoms with Gasteiger partial charge in [0.05, 0.1) is 10.6 Å². The maximum Gasteiger partial charge on any atom is 0.264 e. The molecule has 0 amide bonds. The number of hydrogen-bond acceptors (Lipinski definition) is 3. The predicted molar refractivity (Wildman–Crippen MR) is 101 cm³/mol. The van der Waals surface area contributed by atoms with Crippen LogP contribution in [0.25, 0.3) is 10.8 Å². The van der Waals surface area contributed by atoms with Crippen molar-refractivity contribution in [2.24, 2.45) is 0 Å². The van der Waals surface area contributed by atoms with Gasteiger partial charge in [-0.15, -0.1) is 0 Å². The van der Waals surface area contributed by atoms with Crippen LogP contribution < -0.4 is 4.31 Å². The zero-order valence-electron chi connectivity index (χ0n) is 12.9. The van der Waals surface area contributed by atoms with Crippen LogP contribution in [0.4, 0.5) is 5.69 Å². The number of rotatable bonds is 5. The van der Waals surface area contributed by atoms with Gasteiger partial charge in [-0.3, -0.25) is 9.10 Å². The highest BCUT2D eigenvalue weighted by Crippen LogP contribution is 2.31. The molecule has 0 bridgehead atoms. The molecule has 0 radical (unpaired) electrons. The summed E-state index contributed by atoms with van der Waals surface area (Å²) >= 11 is 11.4. The van der Waals surface area contributed by atoms with Gasteiger partial charge in [-0.1, -0.05) is 48.0 Å². The van der Waals surface area contributed by atoms with Crippen LogP contribution >= 0.6 is 23.2 Å². The van der Waals surface area contributed by atoms with E-state index < -0.39 is 21.8 Å². The zero-order valence-corrected chi connectivity index (χ0v) is 15.2. The van der Waals surface area contributed by atoms with Gasteiger partial charge >= 0.3 is 0 Å². The third-order valence-electron chi connectivity index (χ3n) is 3.70. The Morgan fingerprint density at radius 2 is 1.56 bits per heavy atom. The van der Waals surface area contributed by atoms with Gasteiger partial charge < -0.3 is 0 Å². The van der Waals surface area contributed by atoms with Crippen LogP contribution in [0.1, 0.15) is 0 Å². The summed E-state index contributed by atoms with van der Waals surface area (Å²) in [5.74, 6) is 0. The molecule has 0 aliphatic rings. The van der Waals surface area contributed by atoms with Crippen LogP contribution in [0.15, 0.2) is 71.6 Å². The SMILES string of the molecule is O=C(Cl)CN(c1cccc2ccccc12)S(=O)(=O)c1ccc(Cl)cc1. The van der Waals surface area contributed by atoms with Gasteiger partial charge in [0.2, 0.25) is 5.24 Å². The number of halogens is 2. The minimum atomic E-state index is -3.99. The molecule has 0 aliphatic heterocycles. The van der Waals surface area contributed by atoms with Crippen LogP contribution in [-0.4, -0.2) is 20.2 Å². The monoisotopic (exact) mass is 393 g/mol. The molecule has 3 aromatic rings. The fourth-order valence-electron chi connectivity index (χ4n) is 2.57. The van der Waals surface area contributed by atoms with E-state index in [1.54, 1.807) is 24.3 Å². The smallest absolute Gasteiger partial charge is 0.264 e. The van der Waals surface area contributed by atoms with E-state index >= 15 is 0 Å². The van der Waals surface area contributed by atoms with Crippen molar-refractivity contribution in [2.45, 2.75) is 4.90 Å². The molecule has 128 valence electrons. The highest BCUT2D eigenvalue weighted by molar-refractivity contribution is 7.93. The maximum absolute atomic E-state index is 13.1. The standard InChI is InChI=1S/C18H13Cl2NO3S/c19-14-8-10-15(11-9-14)25(23,24)21(12-18(20)22)17-7-3-5-13-4-1-2-6-16(13)17/h1-11H,12H2. The molecule has 0 unspecified atom stereocenters. The maximum atomic E-state index is 13.1. The first kappa shape index (κ1) is 17.7. The Morgan fingerprint density at radius 3 is 2.24 bits per heavy atom. The number of nitrogens with zero attached hydrogens (tertiary/aromatic N) is 1. The third kappa shape index (κ3) is 3.63. The number of benzene rings is 3. The van der Waals surface area contributed by atoms with Crippen molar-refractivity contribution >= 4 is 54.9 Å². The minimum Gasteiger partial charge on any atom is -0.279 e. The first-order chi connectivity index (χ1) is 11.9. The lowest BCUT2D eigenvalue weighted by Crippen LogP contribution is -2.34. The Morgan fingerprint density at radius 1 is 0.920 bits per heavy atom. The van der Waals surface area contributed by atoms with Gasteiger partial charge in [0.25, 0.3) is 10.0 Å². The lowest BCUT2D eigenvalue weighted by Gasteiger charge is -2.24. The Bertz CT molecular complexity index is 1030. The van der Waals surface area contributed by atoms with E-state index in [0.717, 1.165) is 9.69 Å². The lowest BCUT2D eigenvalue weighted by molar-refractivity contribution is -0.110. The van der Waals surface area contributed by atoms with E-state index in [-0.39, 0.29) is 4.90 Å². The van der Waals surface area contributed by atoms with Crippen LogP contribution in [0, 0.1) is 0 Å². The van der Waals surface area contributed by atoms with Crippen molar-refractivity contribution in [2.75, 3.05) is 10.8 Å². The Labute approximate surface area is 155 Å². The molecule has 0 N–H and O–H groups in total. The second-order valence-electron chi connectivity index (χ2n) is 5.32. The van der Waals surface area contributed by atoms with Gasteiger partial charge in [0.1, 0.15) is 6.54 Å². The molecule has 25 heavy (non-hydrogen) atoms. The number of sulfonamides is 1. The molecule has 0 saturated heterocycles. The molecule has 0 saturated carbocycles. The molecule has 7 heteroatoms. The molecular formula is C18H13Cl2NO3S. The molecule has 3 rings (SSSR count). The molecule has 0 spiro atoms. The predicted octanol–water partition coefficient (Wildman–Crippen LogP) is 4.45. The normalized spacial score (nSPS) is 11.4. The molecule has 0 fully saturated rings. The van der Waals surface area contributed by atoms with Crippen molar-refractivity contribution in [3.05, 3.63) is 71.8 Å². The van der Waals surface area contributed by atoms with Gasteiger partial charge in [0, 0.05) is 10.4 Å². The van der Waals surface area contributed by atoms with E-state index in [2.05, 4.69) is 0 Å². The molecule has 0 atom stereocenters. The second-order valence-corrected chi connectivity index (χ2v) is 8.04. The number of anilines is 1. The van der Waals surface area contributed by atoms with Gasteiger partial charge in [0.15, 0.2) is 0 Å². The van der Waals surface area contributed by atoms with E-state index in [0.29, 0.717) is 16.1 Å². The van der Waals surface area contributed by atoms with E-state index in [1.165, 1.54) is 24.3 Å². The fourth-order valence-corrected chi connectivity index (χ4v) is 4.33. The summed E-state index contributed by atoms with van der Waals surface area (Å²) < 4.78 is 27.2. The summed E-state index contributed by atoms with van der Waals surface area (Å²) in [6.45, 7) is -0.472. The number of carbonyl (C=O) groups excluding carboxylic acids is 1. The van der Waals surface area contributed by atoms with Crippen LogP contribution in [0.3, 0.4) is 0 Å². The number of hydrogen-bond donors (Lipinski definition) is 0. The van der Waals surface area contributed by atoms with Gasteiger partial charge in [-0.05, 0) is 47.3 Å². The molecule has 0 aromatic heterocycles. The molecule has 0 aliphatic carbocycles. The minimum absolute atomic E-state index is 0.0303. The van der Waals surface area contributed by atoms with E-state index in [9.17, 15) is 13.2 Å². The van der Waals surface area contributed by atoms with Crippen LogP contribution in [-0.2, 0) is 14.8 Å². The Hall–Kier alpha value is -2.08. The quantitative estimate of drug-likeness (QED) is 0.601. The van der Waals surface area contributed by atoms with Crippen molar-refractivity contribution in [1.29, 1.82) is 0 Å². The van der Waals surface area contributed by atoms with Crippen LogP contribution in [0.2, 0.25) is 5.02 Å². The molecule has 0 heterocycles. The summed E-state index contributed by atoms with van der Waals surface area (Å²) in [4.78, 5) is 11.6. The molecule has 4 nitrogen and oxygen atoms in total. The highest BCUT2D eigenvalue weighted by atomic mass is 35.5. The largest absolute Gasteiger partial charge is 0.279 e. The fraction of sp³-hybridized carbons (Fsp3) is 0.0556. The topological polar surface area (TPSA) is 54.5 Å². The van der Waals surface area contributed by atoms with Crippen molar-refractivity contribution < 1.29 is 13.2 Å². The summed E-state index contributed by atoms with van der Waals surface area (Å²) in [6, 6.07) is 18.4. The van der Waals surface area contributed by atoms with Gasteiger partial charge in [-0.25, -0.2) is 8.42 Å². The Balaban J connectivity index is 2.20. The Kier molecular flexibility index (Phi) is 4.99. The zero-order chi connectivity index (χ0) is 18.0. The summed E-state index contributed by atoms with van der Waals surface area (Å²) in [5.41, 5.74) is 0.391. The third-order valence-corrected chi connectivity index (χ3v) is 5.85. The molecular weight excluding hydrogens is 381 g/mol. The van der Waals surface area contributed by atoms with Crippen LogP contribution in [0.5, 0.6) is 0 Å². The van der Waals surface area contributed by atoms with Crippen molar-refractivity contribution in [1.82, 2.24) is 0 Å². The average Bonchev–Trinajstić information content (AvgIpc) is 2.59. The highest BCUT2D eigenvalue weighted by Gasteiger charge is 2.27. The van der Waals surface area contributed by atoms with Crippen molar-refractivity contribution in [3.8, 4) is 0 Å². The first-order valence-corrected chi connectivity index (χ1v) is 9.53. The summed E-state index contributed by atoms with van der Waals surface area (Å²) in [6.07, 6.45) is 0. The first-order valence-electron chi connectivity index (χ1n) is 7.34. The van der Waals surface area contributed by atoms with E-state index in [1.807, 2.05) is 18.2 Å². The lowest BCUT2D eigenvalue weighted by atomic mass is 10.1. The summed E-state index contributed by atoms with van der Waals surface area (Å²) in [5, 5.41) is 1.22. The molecule has 3 aromatic carbocycles. The summed E-state index contributed by atoms with van der Waals surface area (Å²) in [7, 11) is -3.99. The number of fused-ring (bicyclic) bond motifs is 1. The van der Waals surface area contributed by atoms with Gasteiger partial charge in [-0.2, -0.15) is 0 Å². The van der Waals surface area contributed by atoms with Crippen molar-refractivity contribution in [3.63, 3.8) is 0 Å².